The quantitative estimate of drug-likeness (QED) is 0.771. The van der Waals surface area contributed by atoms with Gasteiger partial charge in [-0.25, -0.2) is 0 Å². The topological polar surface area (TPSA) is 67.8 Å². The third-order valence-corrected chi connectivity index (χ3v) is 5.47. The summed E-state index contributed by atoms with van der Waals surface area (Å²) in [6, 6.07) is 16.0. The average Bonchev–Trinajstić information content (AvgIpc) is 2.74. The minimum atomic E-state index is -0.513. The number of aliphatic hydroxyl groups excluding tert-OH is 1. The van der Waals surface area contributed by atoms with E-state index in [2.05, 4.69) is 23.5 Å². The molecule has 1 amide bonds. The normalized spacial score (nSPS) is 17.0. The van der Waals surface area contributed by atoms with E-state index in [1.54, 1.807) is 7.11 Å². The molecule has 28 heavy (non-hydrogen) atoms. The van der Waals surface area contributed by atoms with Gasteiger partial charge in [0.2, 0.25) is 5.91 Å². The number of carbonyl (C=O) groups excluding carboxylic acids is 1. The second kappa shape index (κ2) is 9.22. The van der Waals surface area contributed by atoms with Gasteiger partial charge in [-0.05, 0) is 43.4 Å². The standard InChI is InChI=1S/C23H29NO4/c1-17(16-25)24-22(26)23(10-12-28-13-11-23)15-18-6-5-7-19(14-18)20-8-3-4-9-21(20)27-2/h3-9,14,17,25H,10-13,15-16H2,1-2H3,(H,24,26)/t17-/m1/s1. The highest BCUT2D eigenvalue weighted by atomic mass is 16.5. The first-order chi connectivity index (χ1) is 13.6. The van der Waals surface area contributed by atoms with E-state index in [9.17, 15) is 9.90 Å². The Morgan fingerprint density at radius 2 is 1.96 bits per heavy atom. The van der Waals surface area contributed by atoms with E-state index in [1.807, 2.05) is 37.3 Å². The lowest BCUT2D eigenvalue weighted by Crippen LogP contribution is -2.49. The number of benzene rings is 2. The molecule has 2 aromatic rings. The highest BCUT2D eigenvalue weighted by molar-refractivity contribution is 5.83. The number of hydrogen-bond donors (Lipinski definition) is 2. The molecule has 3 rings (SSSR count). The zero-order valence-electron chi connectivity index (χ0n) is 16.6. The second-order valence-corrected chi connectivity index (χ2v) is 7.53. The molecule has 2 N–H and O–H groups in total. The van der Waals surface area contributed by atoms with Gasteiger partial charge in [-0.3, -0.25) is 4.79 Å². The van der Waals surface area contributed by atoms with Gasteiger partial charge in [-0.1, -0.05) is 42.5 Å². The fourth-order valence-electron chi connectivity index (χ4n) is 3.79. The van der Waals surface area contributed by atoms with Crippen molar-refractivity contribution in [3.05, 3.63) is 54.1 Å². The molecule has 1 aliphatic rings. The molecule has 0 saturated carbocycles. The molecule has 2 aromatic carbocycles. The summed E-state index contributed by atoms with van der Waals surface area (Å²) in [6.45, 7) is 2.90. The van der Waals surface area contributed by atoms with Crippen molar-refractivity contribution in [3.8, 4) is 16.9 Å². The van der Waals surface area contributed by atoms with Gasteiger partial charge < -0.3 is 19.9 Å². The van der Waals surface area contributed by atoms with Crippen molar-refractivity contribution in [3.63, 3.8) is 0 Å². The monoisotopic (exact) mass is 383 g/mol. The molecule has 1 saturated heterocycles. The first-order valence-corrected chi connectivity index (χ1v) is 9.80. The maximum Gasteiger partial charge on any atom is 0.227 e. The zero-order chi connectivity index (χ0) is 20.0. The Balaban J connectivity index is 1.88. The largest absolute Gasteiger partial charge is 0.496 e. The smallest absolute Gasteiger partial charge is 0.227 e. The van der Waals surface area contributed by atoms with Crippen LogP contribution in [0.4, 0.5) is 0 Å². The van der Waals surface area contributed by atoms with Crippen LogP contribution in [0.3, 0.4) is 0 Å². The van der Waals surface area contributed by atoms with Crippen LogP contribution in [0.1, 0.15) is 25.3 Å². The molecule has 0 bridgehead atoms. The molecule has 1 fully saturated rings. The van der Waals surface area contributed by atoms with Crippen LogP contribution in [0.2, 0.25) is 0 Å². The summed E-state index contributed by atoms with van der Waals surface area (Å²) < 4.78 is 11.0. The summed E-state index contributed by atoms with van der Waals surface area (Å²) in [7, 11) is 1.67. The van der Waals surface area contributed by atoms with E-state index in [1.165, 1.54) is 0 Å². The summed E-state index contributed by atoms with van der Waals surface area (Å²) in [4.78, 5) is 13.1. The zero-order valence-corrected chi connectivity index (χ0v) is 16.6. The Hall–Kier alpha value is -2.37. The third kappa shape index (κ3) is 4.54. The van der Waals surface area contributed by atoms with Crippen LogP contribution < -0.4 is 10.1 Å². The molecule has 0 aliphatic carbocycles. The Bertz CT molecular complexity index is 799. The van der Waals surface area contributed by atoms with Crippen LogP contribution in [0.5, 0.6) is 5.75 Å². The molecule has 1 heterocycles. The predicted molar refractivity (Wildman–Crippen MR) is 109 cm³/mol. The number of para-hydroxylation sites is 1. The first kappa shape index (κ1) is 20.4. The number of methoxy groups -OCH3 is 1. The van der Waals surface area contributed by atoms with E-state index in [-0.39, 0.29) is 18.6 Å². The SMILES string of the molecule is COc1ccccc1-c1cccc(CC2(C(=O)N[C@H](C)CO)CCOCC2)c1. The number of rotatable bonds is 7. The Labute approximate surface area is 166 Å². The number of hydrogen-bond acceptors (Lipinski definition) is 4. The lowest BCUT2D eigenvalue weighted by molar-refractivity contribution is -0.137. The number of amides is 1. The molecule has 0 radical (unpaired) electrons. The Morgan fingerprint density at radius 3 is 2.68 bits per heavy atom. The number of ether oxygens (including phenoxy) is 2. The Morgan fingerprint density at radius 1 is 1.21 bits per heavy atom. The lowest BCUT2D eigenvalue weighted by atomic mass is 9.74. The lowest BCUT2D eigenvalue weighted by Gasteiger charge is -2.36. The molecule has 150 valence electrons. The van der Waals surface area contributed by atoms with E-state index in [0.717, 1.165) is 22.4 Å². The van der Waals surface area contributed by atoms with Gasteiger partial charge in [0.15, 0.2) is 0 Å². The molecule has 5 heteroatoms. The van der Waals surface area contributed by atoms with Crippen molar-refractivity contribution >= 4 is 5.91 Å². The fourth-order valence-corrected chi connectivity index (χ4v) is 3.79. The van der Waals surface area contributed by atoms with Crippen LogP contribution in [-0.2, 0) is 16.0 Å². The van der Waals surface area contributed by atoms with Gasteiger partial charge in [0.1, 0.15) is 5.75 Å². The molecule has 1 atom stereocenters. The van der Waals surface area contributed by atoms with Crippen LogP contribution in [0.25, 0.3) is 11.1 Å². The van der Waals surface area contributed by atoms with Crippen molar-refractivity contribution in [1.29, 1.82) is 0 Å². The highest BCUT2D eigenvalue weighted by Gasteiger charge is 2.40. The third-order valence-electron chi connectivity index (χ3n) is 5.47. The number of aliphatic hydroxyl groups is 1. The van der Waals surface area contributed by atoms with Crippen molar-refractivity contribution in [2.75, 3.05) is 26.9 Å². The molecule has 0 aromatic heterocycles. The van der Waals surface area contributed by atoms with Gasteiger partial charge in [-0.15, -0.1) is 0 Å². The van der Waals surface area contributed by atoms with Gasteiger partial charge >= 0.3 is 0 Å². The maximum absolute atomic E-state index is 13.1. The molecule has 5 nitrogen and oxygen atoms in total. The molecular weight excluding hydrogens is 354 g/mol. The molecule has 0 unspecified atom stereocenters. The first-order valence-electron chi connectivity index (χ1n) is 9.80. The molecular formula is C23H29NO4. The number of carbonyl (C=O) groups is 1. The van der Waals surface area contributed by atoms with Gasteiger partial charge in [0.25, 0.3) is 0 Å². The Kier molecular flexibility index (Phi) is 6.70. The van der Waals surface area contributed by atoms with E-state index in [4.69, 9.17) is 9.47 Å². The van der Waals surface area contributed by atoms with Gasteiger partial charge in [-0.2, -0.15) is 0 Å². The summed E-state index contributed by atoms with van der Waals surface area (Å²) in [5.41, 5.74) is 2.70. The summed E-state index contributed by atoms with van der Waals surface area (Å²) >= 11 is 0. The fraction of sp³-hybridized carbons (Fsp3) is 0.435. The van der Waals surface area contributed by atoms with Gasteiger partial charge in [0, 0.05) is 24.8 Å². The van der Waals surface area contributed by atoms with E-state index in [0.29, 0.717) is 32.5 Å². The summed E-state index contributed by atoms with van der Waals surface area (Å²) in [5, 5.41) is 12.3. The average molecular weight is 383 g/mol. The summed E-state index contributed by atoms with van der Waals surface area (Å²) in [6.07, 6.45) is 2.00. The van der Waals surface area contributed by atoms with Crippen LogP contribution >= 0.6 is 0 Å². The molecule has 0 spiro atoms. The minimum absolute atomic E-state index is 0.0000414. The number of nitrogens with one attached hydrogen (secondary N) is 1. The second-order valence-electron chi connectivity index (χ2n) is 7.53. The maximum atomic E-state index is 13.1. The molecule has 1 aliphatic heterocycles. The van der Waals surface area contributed by atoms with Gasteiger partial charge in [0.05, 0.1) is 19.1 Å². The van der Waals surface area contributed by atoms with Crippen molar-refractivity contribution in [2.45, 2.75) is 32.2 Å². The van der Waals surface area contributed by atoms with E-state index < -0.39 is 5.41 Å². The van der Waals surface area contributed by atoms with E-state index >= 15 is 0 Å². The van der Waals surface area contributed by atoms with Crippen molar-refractivity contribution in [1.82, 2.24) is 5.32 Å². The highest BCUT2D eigenvalue weighted by Crippen LogP contribution is 2.37. The summed E-state index contributed by atoms with van der Waals surface area (Å²) in [5.74, 6) is 0.829. The van der Waals surface area contributed by atoms with Crippen molar-refractivity contribution < 1.29 is 19.4 Å². The minimum Gasteiger partial charge on any atom is -0.496 e. The van der Waals surface area contributed by atoms with Crippen LogP contribution in [-0.4, -0.2) is 44.0 Å². The predicted octanol–water partition coefficient (Wildman–Crippen LogP) is 3.20. The van der Waals surface area contributed by atoms with Crippen molar-refractivity contribution in [2.24, 2.45) is 5.41 Å². The van der Waals surface area contributed by atoms with Crippen LogP contribution in [0.15, 0.2) is 48.5 Å². The van der Waals surface area contributed by atoms with Crippen LogP contribution in [0, 0.1) is 5.41 Å².